The first-order valence-electron chi connectivity index (χ1n) is 6.77. The summed E-state index contributed by atoms with van der Waals surface area (Å²) >= 11 is 0. The second-order valence-electron chi connectivity index (χ2n) is 5.72. The van der Waals surface area contributed by atoms with Crippen LogP contribution >= 0.6 is 0 Å². The monoisotopic (exact) mass is 261 g/mol. The largest absolute Gasteiger partial charge is 0.317 e. The Morgan fingerprint density at radius 3 is 2.47 bits per heavy atom. The summed E-state index contributed by atoms with van der Waals surface area (Å²) in [4.78, 5) is 0. The summed E-state index contributed by atoms with van der Waals surface area (Å²) in [6, 6.07) is 0.265. The van der Waals surface area contributed by atoms with Crippen molar-refractivity contribution in [3.05, 3.63) is 0 Å². The average molecular weight is 261 g/mol. The van der Waals surface area contributed by atoms with E-state index in [0.29, 0.717) is 12.3 Å². The molecule has 17 heavy (non-hydrogen) atoms. The van der Waals surface area contributed by atoms with Gasteiger partial charge in [0, 0.05) is 6.04 Å². The van der Waals surface area contributed by atoms with Crippen LogP contribution < -0.4 is 5.32 Å². The third-order valence-electron chi connectivity index (χ3n) is 4.09. The molecule has 1 saturated carbocycles. The summed E-state index contributed by atoms with van der Waals surface area (Å²) < 4.78 is 24.9. The molecule has 3 nitrogen and oxygen atoms in total. The summed E-state index contributed by atoms with van der Waals surface area (Å²) in [5.74, 6) is 0.567. The molecular formula is C13H27NO2S. The highest BCUT2D eigenvalue weighted by atomic mass is 32.2. The van der Waals surface area contributed by atoms with Crippen molar-refractivity contribution in [2.75, 3.05) is 7.05 Å². The van der Waals surface area contributed by atoms with Crippen LogP contribution in [0, 0.1) is 5.92 Å². The van der Waals surface area contributed by atoms with Gasteiger partial charge in [-0.25, -0.2) is 8.42 Å². The summed E-state index contributed by atoms with van der Waals surface area (Å²) in [7, 11) is -1.06. The van der Waals surface area contributed by atoms with Gasteiger partial charge in [-0.2, -0.15) is 0 Å². The highest BCUT2D eigenvalue weighted by Gasteiger charge is 2.34. The zero-order valence-corrected chi connectivity index (χ0v) is 12.4. The zero-order chi connectivity index (χ0) is 13.1. The van der Waals surface area contributed by atoms with Gasteiger partial charge in [-0.15, -0.1) is 0 Å². The first-order chi connectivity index (χ1) is 7.87. The van der Waals surface area contributed by atoms with E-state index in [1.807, 2.05) is 20.9 Å². The Kier molecular flexibility index (Phi) is 5.45. The summed E-state index contributed by atoms with van der Waals surface area (Å²) in [6.45, 7) is 6.07. The van der Waals surface area contributed by atoms with E-state index in [9.17, 15) is 8.42 Å². The standard InChI is InChI=1S/C13H27NO2S/c1-10-6-5-7-13(8-10)17(15,16)12(3)9-11(2)14-4/h10-14H,5-9H2,1-4H3. The molecule has 4 heteroatoms. The van der Waals surface area contributed by atoms with Gasteiger partial charge in [0.2, 0.25) is 0 Å². The Morgan fingerprint density at radius 1 is 1.29 bits per heavy atom. The minimum absolute atomic E-state index is 0.0923. The Morgan fingerprint density at radius 2 is 1.94 bits per heavy atom. The second kappa shape index (κ2) is 6.19. The molecule has 102 valence electrons. The van der Waals surface area contributed by atoms with Gasteiger partial charge in [0.05, 0.1) is 10.5 Å². The van der Waals surface area contributed by atoms with Gasteiger partial charge >= 0.3 is 0 Å². The van der Waals surface area contributed by atoms with Crippen LogP contribution in [0.1, 0.15) is 52.9 Å². The average Bonchev–Trinajstić information content (AvgIpc) is 2.28. The summed E-state index contributed by atoms with van der Waals surface area (Å²) in [5.41, 5.74) is 0. The Labute approximate surface area is 106 Å². The van der Waals surface area contributed by atoms with Crippen molar-refractivity contribution in [1.82, 2.24) is 5.32 Å². The number of rotatable bonds is 5. The fourth-order valence-electron chi connectivity index (χ4n) is 2.76. The lowest BCUT2D eigenvalue weighted by atomic mass is 9.91. The number of hydrogen-bond acceptors (Lipinski definition) is 3. The van der Waals surface area contributed by atoms with Gasteiger partial charge in [0.1, 0.15) is 0 Å². The lowest BCUT2D eigenvalue weighted by Gasteiger charge is -2.29. The van der Waals surface area contributed by atoms with Crippen molar-refractivity contribution in [3.63, 3.8) is 0 Å². The number of nitrogens with one attached hydrogen (secondary N) is 1. The van der Waals surface area contributed by atoms with E-state index in [2.05, 4.69) is 12.2 Å². The van der Waals surface area contributed by atoms with Crippen molar-refractivity contribution < 1.29 is 8.42 Å². The second-order valence-corrected chi connectivity index (χ2v) is 8.37. The van der Waals surface area contributed by atoms with E-state index in [0.717, 1.165) is 19.3 Å². The maximum atomic E-state index is 12.5. The molecule has 1 aliphatic rings. The van der Waals surface area contributed by atoms with Gasteiger partial charge < -0.3 is 5.32 Å². The molecule has 1 fully saturated rings. The van der Waals surface area contributed by atoms with Gasteiger partial charge in [-0.05, 0) is 46.1 Å². The van der Waals surface area contributed by atoms with E-state index >= 15 is 0 Å². The molecule has 0 heterocycles. The molecule has 0 radical (unpaired) electrons. The molecule has 0 aromatic rings. The number of sulfone groups is 1. The molecule has 1 aliphatic carbocycles. The van der Waals surface area contributed by atoms with Crippen LogP contribution in [0.4, 0.5) is 0 Å². The van der Waals surface area contributed by atoms with Crippen LogP contribution in [0.15, 0.2) is 0 Å². The first kappa shape index (κ1) is 15.0. The van der Waals surface area contributed by atoms with E-state index in [4.69, 9.17) is 0 Å². The normalized spacial score (nSPS) is 29.9. The minimum atomic E-state index is -2.94. The predicted octanol–water partition coefficient (Wildman–Crippen LogP) is 2.37. The third-order valence-corrected chi connectivity index (χ3v) is 6.76. The molecule has 0 spiro atoms. The molecule has 0 aromatic carbocycles. The van der Waals surface area contributed by atoms with Crippen molar-refractivity contribution >= 4 is 9.84 Å². The van der Waals surface area contributed by atoms with Crippen LogP contribution in [0.3, 0.4) is 0 Å². The van der Waals surface area contributed by atoms with E-state index in [1.54, 1.807) is 0 Å². The predicted molar refractivity (Wildman–Crippen MR) is 72.9 cm³/mol. The smallest absolute Gasteiger partial charge is 0.155 e. The van der Waals surface area contributed by atoms with Crippen LogP contribution in [0.2, 0.25) is 0 Å². The summed E-state index contributed by atoms with van der Waals surface area (Å²) in [6.07, 6.45) is 4.70. The Balaban J connectivity index is 2.66. The van der Waals surface area contributed by atoms with E-state index in [1.165, 1.54) is 6.42 Å². The molecule has 4 atom stereocenters. The van der Waals surface area contributed by atoms with Crippen LogP contribution in [-0.4, -0.2) is 32.0 Å². The third kappa shape index (κ3) is 3.95. The highest BCUT2D eigenvalue weighted by molar-refractivity contribution is 7.92. The van der Waals surface area contributed by atoms with Crippen molar-refractivity contribution in [3.8, 4) is 0 Å². The van der Waals surface area contributed by atoms with E-state index < -0.39 is 9.84 Å². The first-order valence-corrected chi connectivity index (χ1v) is 8.38. The Bertz CT molecular complexity index is 326. The molecule has 0 bridgehead atoms. The van der Waals surface area contributed by atoms with E-state index in [-0.39, 0.29) is 16.5 Å². The molecule has 0 amide bonds. The molecule has 0 aliphatic heterocycles. The molecule has 4 unspecified atom stereocenters. The quantitative estimate of drug-likeness (QED) is 0.826. The molecule has 1 N–H and O–H groups in total. The Hall–Kier alpha value is -0.0900. The highest BCUT2D eigenvalue weighted by Crippen LogP contribution is 2.31. The summed E-state index contributed by atoms with van der Waals surface area (Å²) in [5, 5.41) is 2.80. The van der Waals surface area contributed by atoms with Crippen LogP contribution in [0.5, 0.6) is 0 Å². The topological polar surface area (TPSA) is 46.2 Å². The molecular weight excluding hydrogens is 234 g/mol. The van der Waals surface area contributed by atoms with Crippen molar-refractivity contribution in [2.45, 2.75) is 69.4 Å². The molecule has 1 rings (SSSR count). The van der Waals surface area contributed by atoms with Crippen LogP contribution in [-0.2, 0) is 9.84 Å². The maximum absolute atomic E-state index is 12.5. The maximum Gasteiger partial charge on any atom is 0.155 e. The number of hydrogen-bond donors (Lipinski definition) is 1. The molecule has 0 saturated heterocycles. The van der Waals surface area contributed by atoms with Gasteiger partial charge in [0.15, 0.2) is 9.84 Å². The van der Waals surface area contributed by atoms with Gasteiger partial charge in [0.25, 0.3) is 0 Å². The lowest BCUT2D eigenvalue weighted by Crippen LogP contribution is -2.37. The SMILES string of the molecule is CNC(C)CC(C)S(=O)(=O)C1CCCC(C)C1. The van der Waals surface area contributed by atoms with Crippen LogP contribution in [0.25, 0.3) is 0 Å². The van der Waals surface area contributed by atoms with Crippen molar-refractivity contribution in [2.24, 2.45) is 5.92 Å². The molecule has 0 aromatic heterocycles. The van der Waals surface area contributed by atoms with Gasteiger partial charge in [-0.1, -0.05) is 19.8 Å². The fourth-order valence-corrected chi connectivity index (χ4v) is 5.06. The van der Waals surface area contributed by atoms with Gasteiger partial charge in [-0.3, -0.25) is 0 Å². The zero-order valence-electron chi connectivity index (χ0n) is 11.6. The van der Waals surface area contributed by atoms with Crippen molar-refractivity contribution in [1.29, 1.82) is 0 Å². The fraction of sp³-hybridized carbons (Fsp3) is 1.00. The minimum Gasteiger partial charge on any atom is -0.317 e. The lowest BCUT2D eigenvalue weighted by molar-refractivity contribution is 0.379.